The van der Waals surface area contributed by atoms with Crippen LogP contribution >= 0.6 is 0 Å². The van der Waals surface area contributed by atoms with Gasteiger partial charge in [0.05, 0.1) is 12.7 Å². The molecule has 1 N–H and O–H groups in total. The monoisotopic (exact) mass is 460 g/mol. The summed E-state index contributed by atoms with van der Waals surface area (Å²) in [7, 11) is 1.29. The van der Waals surface area contributed by atoms with Crippen molar-refractivity contribution < 1.29 is 28.9 Å². The fraction of sp³-hybridized carbons (Fsp3) is 0.357. The van der Waals surface area contributed by atoms with Gasteiger partial charge in [0.25, 0.3) is 0 Å². The van der Waals surface area contributed by atoms with Crippen molar-refractivity contribution in [3.63, 3.8) is 0 Å². The van der Waals surface area contributed by atoms with Crippen LogP contribution in [0, 0.1) is 5.92 Å². The topological polar surface area (TPSA) is 82.1 Å². The van der Waals surface area contributed by atoms with Gasteiger partial charge in [-0.25, -0.2) is 9.59 Å². The minimum Gasteiger partial charge on any atom is -0.489 e. The van der Waals surface area contributed by atoms with Crippen LogP contribution in [0.2, 0.25) is 0 Å². The van der Waals surface area contributed by atoms with Crippen LogP contribution in [0.5, 0.6) is 5.75 Å². The number of benzene rings is 3. The lowest BCUT2D eigenvalue weighted by Gasteiger charge is -2.17. The Morgan fingerprint density at radius 1 is 1.06 bits per heavy atom. The highest BCUT2D eigenvalue weighted by atomic mass is 16.6. The molecule has 1 fully saturated rings. The highest BCUT2D eigenvalue weighted by molar-refractivity contribution is 5.96. The predicted octanol–water partition coefficient (Wildman–Crippen LogP) is 4.42. The lowest BCUT2D eigenvalue weighted by molar-refractivity contribution is -0.151. The number of rotatable bonds is 7. The molecule has 6 nitrogen and oxygen atoms in total. The van der Waals surface area contributed by atoms with Gasteiger partial charge in [0.1, 0.15) is 11.9 Å². The molecule has 3 aromatic rings. The summed E-state index contributed by atoms with van der Waals surface area (Å²) in [6, 6.07) is 19.1. The van der Waals surface area contributed by atoms with E-state index in [0.717, 1.165) is 40.5 Å². The molecule has 34 heavy (non-hydrogen) atoms. The SMILES string of the molecule is COC(=O)C(CCc1cccc2c1O[C@@H]1CCC(CO)[C@H]21)OC(=O)c1ccc2ccccc2c1. The van der Waals surface area contributed by atoms with Crippen LogP contribution in [-0.2, 0) is 20.7 Å². The molecule has 0 aromatic heterocycles. The van der Waals surface area contributed by atoms with E-state index < -0.39 is 18.0 Å². The number of para-hydroxylation sites is 1. The van der Waals surface area contributed by atoms with Gasteiger partial charge in [-0.1, -0.05) is 48.5 Å². The van der Waals surface area contributed by atoms with Crippen molar-refractivity contribution in [3.8, 4) is 5.75 Å². The first-order valence-corrected chi connectivity index (χ1v) is 11.8. The minimum absolute atomic E-state index is 0.0930. The van der Waals surface area contributed by atoms with Gasteiger partial charge in [0, 0.05) is 18.1 Å². The molecule has 6 heteroatoms. The molecule has 5 rings (SSSR count). The first-order valence-electron chi connectivity index (χ1n) is 11.8. The predicted molar refractivity (Wildman–Crippen MR) is 127 cm³/mol. The third kappa shape index (κ3) is 4.14. The minimum atomic E-state index is -1.02. The van der Waals surface area contributed by atoms with E-state index in [4.69, 9.17) is 14.2 Å². The average molecular weight is 461 g/mol. The smallest absolute Gasteiger partial charge is 0.347 e. The Morgan fingerprint density at radius 2 is 1.88 bits per heavy atom. The maximum atomic E-state index is 12.8. The van der Waals surface area contributed by atoms with Gasteiger partial charge in [0.15, 0.2) is 6.10 Å². The van der Waals surface area contributed by atoms with Gasteiger partial charge in [-0.2, -0.15) is 0 Å². The van der Waals surface area contributed by atoms with Gasteiger partial charge < -0.3 is 19.3 Å². The number of carbonyl (C=O) groups is 2. The van der Waals surface area contributed by atoms with E-state index in [0.29, 0.717) is 12.0 Å². The van der Waals surface area contributed by atoms with Crippen molar-refractivity contribution in [3.05, 3.63) is 77.4 Å². The van der Waals surface area contributed by atoms with Crippen molar-refractivity contribution in [2.24, 2.45) is 5.92 Å². The molecule has 1 saturated carbocycles. The number of aryl methyl sites for hydroxylation is 1. The fourth-order valence-corrected chi connectivity index (χ4v) is 5.35. The summed E-state index contributed by atoms with van der Waals surface area (Å²) in [6.45, 7) is 0.156. The Hall–Kier alpha value is -3.38. The van der Waals surface area contributed by atoms with Crippen LogP contribution in [0.1, 0.15) is 46.7 Å². The molecule has 0 bridgehead atoms. The zero-order valence-corrected chi connectivity index (χ0v) is 19.1. The molecule has 2 aliphatic rings. The molecule has 0 radical (unpaired) electrons. The summed E-state index contributed by atoms with van der Waals surface area (Å²) in [5.41, 5.74) is 2.49. The van der Waals surface area contributed by atoms with E-state index in [1.165, 1.54) is 7.11 Å². The Labute approximate surface area is 198 Å². The lowest BCUT2D eigenvalue weighted by Crippen LogP contribution is -2.29. The van der Waals surface area contributed by atoms with Crippen LogP contribution in [0.4, 0.5) is 0 Å². The molecule has 4 atom stereocenters. The standard InChI is InChI=1S/C28H28O6/c1-32-28(31)24(34-27(30)20-10-9-17-5-2-3-6-19(17)15-20)14-11-18-7-4-8-22-25-21(16-29)12-13-23(25)33-26(18)22/h2-10,15,21,23-25,29H,11-14,16H2,1H3/t21?,23-,24?,25-/m1/s1. The van der Waals surface area contributed by atoms with Crippen LogP contribution in [0.25, 0.3) is 10.8 Å². The molecule has 0 amide bonds. The van der Waals surface area contributed by atoms with Crippen LogP contribution in [0.15, 0.2) is 60.7 Å². The molecule has 176 valence electrons. The fourth-order valence-electron chi connectivity index (χ4n) is 5.35. The number of aliphatic hydroxyl groups excluding tert-OH is 1. The van der Waals surface area contributed by atoms with E-state index in [9.17, 15) is 14.7 Å². The zero-order chi connectivity index (χ0) is 23.7. The molecule has 1 aliphatic heterocycles. The van der Waals surface area contributed by atoms with Gasteiger partial charge in [-0.15, -0.1) is 0 Å². The van der Waals surface area contributed by atoms with Crippen molar-refractivity contribution in [2.45, 2.75) is 43.8 Å². The Balaban J connectivity index is 1.31. The van der Waals surface area contributed by atoms with Gasteiger partial charge in [-0.3, -0.25) is 0 Å². The zero-order valence-electron chi connectivity index (χ0n) is 19.1. The highest BCUT2D eigenvalue weighted by Crippen LogP contribution is 2.51. The molecule has 2 unspecified atom stereocenters. The molecule has 3 aromatic carbocycles. The summed E-state index contributed by atoms with van der Waals surface area (Å²) in [5, 5.41) is 11.7. The van der Waals surface area contributed by atoms with E-state index in [1.54, 1.807) is 12.1 Å². The van der Waals surface area contributed by atoms with Crippen molar-refractivity contribution in [1.29, 1.82) is 0 Å². The van der Waals surface area contributed by atoms with Crippen molar-refractivity contribution >= 4 is 22.7 Å². The maximum Gasteiger partial charge on any atom is 0.347 e. The Morgan fingerprint density at radius 3 is 2.68 bits per heavy atom. The van der Waals surface area contributed by atoms with Gasteiger partial charge in [-0.05, 0) is 60.1 Å². The van der Waals surface area contributed by atoms with E-state index in [-0.39, 0.29) is 31.0 Å². The number of esters is 2. The quantitative estimate of drug-likeness (QED) is 0.526. The van der Waals surface area contributed by atoms with E-state index >= 15 is 0 Å². The summed E-state index contributed by atoms with van der Waals surface area (Å²) in [6.07, 6.45) is 1.74. The molecule has 1 aliphatic carbocycles. The first-order chi connectivity index (χ1) is 16.6. The average Bonchev–Trinajstić information content (AvgIpc) is 3.45. The molecular weight excluding hydrogens is 432 g/mol. The highest BCUT2D eigenvalue weighted by Gasteiger charge is 2.44. The third-order valence-corrected chi connectivity index (χ3v) is 7.09. The second-order valence-electron chi connectivity index (χ2n) is 9.06. The summed E-state index contributed by atoms with van der Waals surface area (Å²) >= 11 is 0. The van der Waals surface area contributed by atoms with E-state index in [1.807, 2.05) is 42.5 Å². The molecule has 0 spiro atoms. The number of ether oxygens (including phenoxy) is 3. The van der Waals surface area contributed by atoms with Crippen LogP contribution in [-0.4, -0.2) is 43.0 Å². The number of hydrogen-bond donors (Lipinski definition) is 1. The summed E-state index contributed by atoms with van der Waals surface area (Å²) < 4.78 is 16.8. The summed E-state index contributed by atoms with van der Waals surface area (Å²) in [4.78, 5) is 25.3. The van der Waals surface area contributed by atoms with Crippen molar-refractivity contribution in [2.75, 3.05) is 13.7 Å². The largest absolute Gasteiger partial charge is 0.489 e. The van der Waals surface area contributed by atoms with Gasteiger partial charge >= 0.3 is 11.9 Å². The second kappa shape index (κ2) is 9.47. The second-order valence-corrected chi connectivity index (χ2v) is 9.06. The van der Waals surface area contributed by atoms with Crippen molar-refractivity contribution in [1.82, 2.24) is 0 Å². The first kappa shape index (κ1) is 22.4. The lowest BCUT2D eigenvalue weighted by atomic mass is 9.88. The Bertz CT molecular complexity index is 1220. The molecule has 1 heterocycles. The summed E-state index contributed by atoms with van der Waals surface area (Å²) in [5.74, 6) is 0.130. The van der Waals surface area contributed by atoms with Crippen LogP contribution in [0.3, 0.4) is 0 Å². The van der Waals surface area contributed by atoms with Crippen LogP contribution < -0.4 is 4.74 Å². The third-order valence-electron chi connectivity index (χ3n) is 7.09. The number of hydrogen-bond acceptors (Lipinski definition) is 6. The number of fused-ring (bicyclic) bond motifs is 4. The van der Waals surface area contributed by atoms with E-state index in [2.05, 4.69) is 6.07 Å². The number of carbonyl (C=O) groups excluding carboxylic acids is 2. The van der Waals surface area contributed by atoms with Gasteiger partial charge in [0.2, 0.25) is 0 Å². The number of aliphatic hydroxyl groups is 1. The maximum absolute atomic E-state index is 12.8. The Kier molecular flexibility index (Phi) is 6.24. The normalized spacial score (nSPS) is 21.4. The molecular formula is C28H28O6. The number of methoxy groups -OCH3 is 1. The molecule has 0 saturated heterocycles.